The highest BCUT2D eigenvalue weighted by Gasteiger charge is 2.22. The molecule has 0 amide bonds. The van der Waals surface area contributed by atoms with E-state index in [1.54, 1.807) is 0 Å². The molecule has 3 nitrogen and oxygen atoms in total. The van der Waals surface area contributed by atoms with Gasteiger partial charge in [0.15, 0.2) is 0 Å². The number of nitrogens with one attached hydrogen (secondary N) is 1. The Kier molecular flexibility index (Phi) is 3.62. The highest BCUT2D eigenvalue weighted by Crippen LogP contribution is 2.26. The smallest absolute Gasteiger partial charge is 0.0750 e. The molecule has 0 radical (unpaired) electrons. The molecule has 1 N–H and O–H groups in total. The number of nitrogens with zero attached hydrogens (tertiary/aromatic N) is 2. The zero-order valence-corrected chi connectivity index (χ0v) is 12.2. The molecule has 0 saturated heterocycles. The molecule has 1 aliphatic carbocycles. The molecule has 1 aromatic heterocycles. The minimum absolute atomic E-state index is 0.0945. The molecule has 0 aromatic carbocycles. The van der Waals surface area contributed by atoms with E-state index in [2.05, 4.69) is 50.4 Å². The van der Waals surface area contributed by atoms with Gasteiger partial charge < -0.3 is 5.32 Å². The van der Waals surface area contributed by atoms with Crippen molar-refractivity contribution in [1.29, 1.82) is 0 Å². The van der Waals surface area contributed by atoms with Crippen LogP contribution in [0.2, 0.25) is 0 Å². The van der Waals surface area contributed by atoms with Crippen LogP contribution in [-0.2, 0) is 12.5 Å². The molecule has 0 unspecified atom stereocenters. The average Bonchev–Trinajstić information content (AvgIpc) is 2.98. The van der Waals surface area contributed by atoms with Crippen LogP contribution in [0.1, 0.15) is 51.8 Å². The monoisotopic (exact) mass is 247 g/mol. The molecule has 1 heterocycles. The number of hydrogen-bond acceptors (Lipinski definition) is 2. The van der Waals surface area contributed by atoms with Crippen LogP contribution in [0.15, 0.2) is 11.8 Å². The van der Waals surface area contributed by atoms with Crippen molar-refractivity contribution in [2.75, 3.05) is 6.54 Å². The van der Waals surface area contributed by atoms with Crippen LogP contribution in [0.25, 0.3) is 6.08 Å². The summed E-state index contributed by atoms with van der Waals surface area (Å²) in [5, 5.41) is 8.14. The first-order valence-electron chi connectivity index (χ1n) is 6.81. The average molecular weight is 247 g/mol. The Hall–Kier alpha value is -1.09. The molecule has 0 aliphatic heterocycles. The van der Waals surface area contributed by atoms with Crippen molar-refractivity contribution in [2.45, 2.75) is 52.0 Å². The number of hydrogen-bond donors (Lipinski definition) is 1. The van der Waals surface area contributed by atoms with Gasteiger partial charge >= 0.3 is 0 Å². The van der Waals surface area contributed by atoms with Crippen LogP contribution in [0, 0.1) is 0 Å². The van der Waals surface area contributed by atoms with Gasteiger partial charge in [0.25, 0.3) is 0 Å². The second-order valence-corrected chi connectivity index (χ2v) is 6.50. The summed E-state index contributed by atoms with van der Waals surface area (Å²) in [6.45, 7) is 9.82. The fraction of sp³-hybridized carbons (Fsp3) is 0.667. The predicted molar refractivity (Wildman–Crippen MR) is 76.6 cm³/mol. The fourth-order valence-corrected chi connectivity index (χ4v) is 2.10. The van der Waals surface area contributed by atoms with E-state index in [1.807, 2.05) is 11.7 Å². The first-order valence-corrected chi connectivity index (χ1v) is 6.81. The molecule has 0 atom stereocenters. The Bertz CT molecular complexity index is 445. The maximum Gasteiger partial charge on any atom is 0.0750 e. The zero-order chi connectivity index (χ0) is 13.3. The second-order valence-electron chi connectivity index (χ2n) is 6.50. The Morgan fingerprint density at radius 2 is 2.17 bits per heavy atom. The topological polar surface area (TPSA) is 29.9 Å². The molecule has 1 saturated carbocycles. The van der Waals surface area contributed by atoms with Gasteiger partial charge in [-0.3, -0.25) is 4.68 Å². The zero-order valence-electron chi connectivity index (χ0n) is 12.2. The van der Waals surface area contributed by atoms with Crippen LogP contribution in [0.3, 0.4) is 0 Å². The van der Waals surface area contributed by atoms with E-state index in [9.17, 15) is 0 Å². The van der Waals surface area contributed by atoms with Crippen molar-refractivity contribution >= 4 is 6.08 Å². The summed E-state index contributed by atoms with van der Waals surface area (Å²) >= 11 is 0. The van der Waals surface area contributed by atoms with Gasteiger partial charge in [-0.15, -0.1) is 0 Å². The number of aromatic nitrogens is 2. The lowest BCUT2D eigenvalue weighted by molar-refractivity contribution is 0.552. The van der Waals surface area contributed by atoms with Gasteiger partial charge in [-0.1, -0.05) is 32.4 Å². The summed E-state index contributed by atoms with van der Waals surface area (Å²) in [6.07, 6.45) is 7.06. The maximum atomic E-state index is 4.59. The van der Waals surface area contributed by atoms with E-state index in [0.717, 1.165) is 12.6 Å². The highest BCUT2D eigenvalue weighted by molar-refractivity contribution is 5.55. The van der Waals surface area contributed by atoms with Crippen molar-refractivity contribution in [3.63, 3.8) is 0 Å². The van der Waals surface area contributed by atoms with Crippen LogP contribution in [-0.4, -0.2) is 22.4 Å². The first-order chi connectivity index (χ1) is 8.36. The molecule has 3 heteroatoms. The van der Waals surface area contributed by atoms with Crippen LogP contribution >= 0.6 is 0 Å². The Labute approximate surface area is 110 Å². The van der Waals surface area contributed by atoms with Gasteiger partial charge in [0.2, 0.25) is 0 Å². The minimum Gasteiger partial charge on any atom is -0.310 e. The van der Waals surface area contributed by atoms with Crippen LogP contribution in [0.4, 0.5) is 0 Å². The van der Waals surface area contributed by atoms with Gasteiger partial charge in [-0.05, 0) is 19.8 Å². The van der Waals surface area contributed by atoms with Gasteiger partial charge in [0.1, 0.15) is 0 Å². The third kappa shape index (κ3) is 3.45. The van der Waals surface area contributed by atoms with Crippen molar-refractivity contribution in [3.8, 4) is 0 Å². The lowest BCUT2D eigenvalue weighted by Gasteiger charge is -2.16. The molecule has 100 valence electrons. The molecule has 2 rings (SSSR count). The lowest BCUT2D eigenvalue weighted by atomic mass is 9.89. The summed E-state index contributed by atoms with van der Waals surface area (Å²) in [5.41, 5.74) is 3.90. The molecular formula is C15H25N3. The van der Waals surface area contributed by atoms with E-state index < -0.39 is 0 Å². The predicted octanol–water partition coefficient (Wildman–Crippen LogP) is 2.87. The third-order valence-corrected chi connectivity index (χ3v) is 3.22. The summed E-state index contributed by atoms with van der Waals surface area (Å²) in [7, 11) is 1.99. The van der Waals surface area contributed by atoms with Crippen molar-refractivity contribution in [3.05, 3.63) is 23.0 Å². The van der Waals surface area contributed by atoms with E-state index >= 15 is 0 Å². The summed E-state index contributed by atoms with van der Waals surface area (Å²) in [6, 6.07) is 0.768. The van der Waals surface area contributed by atoms with Crippen LogP contribution in [0.5, 0.6) is 0 Å². The SMILES string of the molecule is CC(=Cc1cn(C)nc1C(C)(C)C)CNC1CC1. The molecule has 0 bridgehead atoms. The third-order valence-electron chi connectivity index (χ3n) is 3.22. The molecule has 1 aliphatic rings. The largest absolute Gasteiger partial charge is 0.310 e. The molecule has 18 heavy (non-hydrogen) atoms. The summed E-state index contributed by atoms with van der Waals surface area (Å²) < 4.78 is 1.91. The second kappa shape index (κ2) is 4.88. The van der Waals surface area contributed by atoms with Gasteiger partial charge in [-0.2, -0.15) is 5.10 Å². The maximum absolute atomic E-state index is 4.59. The molecule has 1 aromatic rings. The fourth-order valence-electron chi connectivity index (χ4n) is 2.10. The van der Waals surface area contributed by atoms with Crippen molar-refractivity contribution in [1.82, 2.24) is 15.1 Å². The molecular weight excluding hydrogens is 222 g/mol. The van der Waals surface area contributed by atoms with E-state index in [1.165, 1.54) is 29.7 Å². The minimum atomic E-state index is 0.0945. The molecule has 1 fully saturated rings. The highest BCUT2D eigenvalue weighted by atomic mass is 15.3. The quantitative estimate of drug-likeness (QED) is 0.886. The number of rotatable bonds is 4. The first kappa shape index (κ1) is 13.3. The van der Waals surface area contributed by atoms with E-state index in [4.69, 9.17) is 0 Å². The molecule has 0 spiro atoms. The Morgan fingerprint density at radius 3 is 2.72 bits per heavy atom. The van der Waals surface area contributed by atoms with E-state index in [-0.39, 0.29) is 5.41 Å². The summed E-state index contributed by atoms with van der Waals surface area (Å²) in [5.74, 6) is 0. The van der Waals surface area contributed by atoms with Gasteiger partial charge in [0, 0.05) is 36.8 Å². The normalized spacial score (nSPS) is 17.3. The Morgan fingerprint density at radius 1 is 1.50 bits per heavy atom. The standard InChI is InChI=1S/C15H25N3/c1-11(9-16-13-6-7-13)8-12-10-18(5)17-14(12)15(2,3)4/h8,10,13,16H,6-7,9H2,1-5H3. The Balaban J connectivity index is 2.13. The van der Waals surface area contributed by atoms with E-state index in [0.29, 0.717) is 0 Å². The van der Waals surface area contributed by atoms with Gasteiger partial charge in [0.05, 0.1) is 5.69 Å². The summed E-state index contributed by atoms with van der Waals surface area (Å²) in [4.78, 5) is 0. The van der Waals surface area contributed by atoms with Crippen molar-refractivity contribution in [2.24, 2.45) is 7.05 Å². The lowest BCUT2D eigenvalue weighted by Crippen LogP contribution is -2.18. The van der Waals surface area contributed by atoms with Crippen LogP contribution < -0.4 is 5.32 Å². The number of aryl methyl sites for hydroxylation is 1. The van der Waals surface area contributed by atoms with Crippen molar-refractivity contribution < 1.29 is 0 Å². The van der Waals surface area contributed by atoms with Gasteiger partial charge in [-0.25, -0.2) is 0 Å².